The van der Waals surface area contributed by atoms with Crippen molar-refractivity contribution in [2.45, 2.75) is 13.8 Å². The number of para-hydroxylation sites is 1. The summed E-state index contributed by atoms with van der Waals surface area (Å²) in [7, 11) is 1.94. The molecule has 2 aromatic rings. The molecule has 0 radical (unpaired) electrons. The molecule has 0 N–H and O–H groups in total. The SMILES string of the molecule is Cc1ccccc1Oc1ncc(C)n1C. The molecule has 0 spiro atoms. The molecule has 0 fully saturated rings. The zero-order valence-corrected chi connectivity index (χ0v) is 9.19. The van der Waals surface area contributed by atoms with Crippen molar-refractivity contribution in [1.82, 2.24) is 9.55 Å². The van der Waals surface area contributed by atoms with Gasteiger partial charge in [0.1, 0.15) is 5.75 Å². The summed E-state index contributed by atoms with van der Waals surface area (Å²) in [5.41, 5.74) is 2.19. The topological polar surface area (TPSA) is 27.1 Å². The third-order valence-electron chi connectivity index (χ3n) is 2.47. The lowest BCUT2D eigenvalue weighted by atomic mass is 10.2. The first-order chi connectivity index (χ1) is 7.18. The molecule has 3 nitrogen and oxygen atoms in total. The summed E-state index contributed by atoms with van der Waals surface area (Å²) >= 11 is 0. The number of aryl methyl sites for hydroxylation is 2. The Morgan fingerprint density at radius 3 is 2.53 bits per heavy atom. The van der Waals surface area contributed by atoms with Crippen LogP contribution in [0.1, 0.15) is 11.3 Å². The minimum atomic E-state index is 0.627. The quantitative estimate of drug-likeness (QED) is 0.748. The molecular weight excluding hydrogens is 188 g/mol. The van der Waals surface area contributed by atoms with E-state index in [9.17, 15) is 0 Å². The number of aromatic nitrogens is 2. The number of hydrogen-bond acceptors (Lipinski definition) is 2. The van der Waals surface area contributed by atoms with E-state index in [1.165, 1.54) is 0 Å². The fourth-order valence-corrected chi connectivity index (χ4v) is 1.34. The Morgan fingerprint density at radius 1 is 1.20 bits per heavy atom. The smallest absolute Gasteiger partial charge is 0.301 e. The van der Waals surface area contributed by atoms with Gasteiger partial charge in [-0.2, -0.15) is 0 Å². The van der Waals surface area contributed by atoms with Gasteiger partial charge >= 0.3 is 6.01 Å². The van der Waals surface area contributed by atoms with Crippen molar-refractivity contribution in [2.24, 2.45) is 7.05 Å². The molecule has 0 aliphatic rings. The van der Waals surface area contributed by atoms with Gasteiger partial charge in [0.15, 0.2) is 0 Å². The summed E-state index contributed by atoms with van der Waals surface area (Å²) in [6.45, 7) is 4.02. The monoisotopic (exact) mass is 202 g/mol. The highest BCUT2D eigenvalue weighted by Crippen LogP contribution is 2.23. The lowest BCUT2D eigenvalue weighted by Crippen LogP contribution is -1.96. The Kier molecular flexibility index (Phi) is 2.46. The van der Waals surface area contributed by atoms with Gasteiger partial charge in [-0.05, 0) is 25.5 Å². The van der Waals surface area contributed by atoms with Crippen LogP contribution in [-0.2, 0) is 7.05 Å². The molecule has 78 valence electrons. The summed E-state index contributed by atoms with van der Waals surface area (Å²) in [5.74, 6) is 0.853. The van der Waals surface area contributed by atoms with Gasteiger partial charge < -0.3 is 9.30 Å². The van der Waals surface area contributed by atoms with Crippen LogP contribution >= 0.6 is 0 Å². The maximum Gasteiger partial charge on any atom is 0.301 e. The van der Waals surface area contributed by atoms with Crippen LogP contribution in [0.2, 0.25) is 0 Å². The van der Waals surface area contributed by atoms with E-state index in [0.717, 1.165) is 17.0 Å². The molecule has 3 heteroatoms. The van der Waals surface area contributed by atoms with Crippen LogP contribution < -0.4 is 4.74 Å². The predicted molar refractivity (Wildman–Crippen MR) is 59.2 cm³/mol. The van der Waals surface area contributed by atoms with Crippen molar-refractivity contribution in [1.29, 1.82) is 0 Å². The Labute approximate surface area is 89.3 Å². The van der Waals surface area contributed by atoms with Crippen molar-refractivity contribution in [3.63, 3.8) is 0 Å². The number of ether oxygens (including phenoxy) is 1. The van der Waals surface area contributed by atoms with Crippen LogP contribution in [0.4, 0.5) is 0 Å². The number of hydrogen-bond donors (Lipinski definition) is 0. The van der Waals surface area contributed by atoms with Crippen LogP contribution in [0.25, 0.3) is 0 Å². The van der Waals surface area contributed by atoms with Gasteiger partial charge in [-0.3, -0.25) is 0 Å². The maximum absolute atomic E-state index is 5.71. The summed E-state index contributed by atoms with van der Waals surface area (Å²) in [6.07, 6.45) is 1.80. The summed E-state index contributed by atoms with van der Waals surface area (Å²) in [6, 6.07) is 8.54. The van der Waals surface area contributed by atoms with E-state index < -0.39 is 0 Å². The summed E-state index contributed by atoms with van der Waals surface area (Å²) in [5, 5.41) is 0. The lowest BCUT2D eigenvalue weighted by Gasteiger charge is -2.07. The summed E-state index contributed by atoms with van der Waals surface area (Å²) in [4.78, 5) is 4.19. The molecule has 1 aromatic carbocycles. The van der Waals surface area contributed by atoms with E-state index in [1.807, 2.05) is 49.7 Å². The highest BCUT2D eigenvalue weighted by molar-refractivity contribution is 5.34. The van der Waals surface area contributed by atoms with Crippen molar-refractivity contribution in [3.8, 4) is 11.8 Å². The molecule has 15 heavy (non-hydrogen) atoms. The third kappa shape index (κ3) is 1.86. The second kappa shape index (κ2) is 3.77. The van der Waals surface area contributed by atoms with Gasteiger partial charge in [-0.1, -0.05) is 18.2 Å². The van der Waals surface area contributed by atoms with Gasteiger partial charge in [-0.25, -0.2) is 4.98 Å². The standard InChI is InChI=1S/C12H14N2O/c1-9-6-4-5-7-11(9)15-12-13-8-10(2)14(12)3/h4-8H,1-3H3. The van der Waals surface area contributed by atoms with E-state index >= 15 is 0 Å². The molecule has 0 bridgehead atoms. The van der Waals surface area contributed by atoms with Gasteiger partial charge in [0.05, 0.1) is 6.20 Å². The zero-order valence-electron chi connectivity index (χ0n) is 9.19. The molecule has 0 aliphatic heterocycles. The molecule has 1 heterocycles. The molecule has 0 atom stereocenters. The number of imidazole rings is 1. The van der Waals surface area contributed by atoms with E-state index in [4.69, 9.17) is 4.74 Å². The lowest BCUT2D eigenvalue weighted by molar-refractivity contribution is 0.420. The Hall–Kier alpha value is -1.77. The number of nitrogens with zero attached hydrogens (tertiary/aromatic N) is 2. The second-order valence-electron chi connectivity index (χ2n) is 3.61. The van der Waals surface area contributed by atoms with Crippen LogP contribution in [0, 0.1) is 13.8 Å². The minimum Gasteiger partial charge on any atom is -0.425 e. The van der Waals surface area contributed by atoms with E-state index in [1.54, 1.807) is 6.20 Å². The van der Waals surface area contributed by atoms with E-state index in [0.29, 0.717) is 6.01 Å². The van der Waals surface area contributed by atoms with Crippen LogP contribution in [0.3, 0.4) is 0 Å². The van der Waals surface area contributed by atoms with Gasteiger partial charge in [-0.15, -0.1) is 0 Å². The first-order valence-corrected chi connectivity index (χ1v) is 4.90. The average Bonchev–Trinajstić information content (AvgIpc) is 2.53. The Bertz CT molecular complexity index is 474. The van der Waals surface area contributed by atoms with Gasteiger partial charge in [0.25, 0.3) is 0 Å². The van der Waals surface area contributed by atoms with Gasteiger partial charge in [0, 0.05) is 12.7 Å². The van der Waals surface area contributed by atoms with Crippen molar-refractivity contribution in [3.05, 3.63) is 41.7 Å². The maximum atomic E-state index is 5.71. The fourth-order valence-electron chi connectivity index (χ4n) is 1.34. The fraction of sp³-hybridized carbons (Fsp3) is 0.250. The molecule has 2 rings (SSSR count). The van der Waals surface area contributed by atoms with Crippen molar-refractivity contribution < 1.29 is 4.74 Å². The average molecular weight is 202 g/mol. The summed E-state index contributed by atoms with van der Waals surface area (Å²) < 4.78 is 7.64. The zero-order chi connectivity index (χ0) is 10.8. The number of rotatable bonds is 2. The third-order valence-corrected chi connectivity index (χ3v) is 2.47. The first-order valence-electron chi connectivity index (χ1n) is 4.90. The highest BCUT2D eigenvalue weighted by Gasteiger charge is 2.06. The van der Waals surface area contributed by atoms with Crippen LogP contribution in [0.15, 0.2) is 30.5 Å². The molecule has 0 saturated carbocycles. The predicted octanol–water partition coefficient (Wildman–Crippen LogP) is 2.83. The van der Waals surface area contributed by atoms with E-state index in [-0.39, 0.29) is 0 Å². The minimum absolute atomic E-state index is 0.627. The normalized spacial score (nSPS) is 10.3. The van der Waals surface area contributed by atoms with Crippen molar-refractivity contribution >= 4 is 0 Å². The molecule has 1 aromatic heterocycles. The van der Waals surface area contributed by atoms with Crippen molar-refractivity contribution in [2.75, 3.05) is 0 Å². The first kappa shape index (κ1) is 9.77. The van der Waals surface area contributed by atoms with Crippen LogP contribution in [-0.4, -0.2) is 9.55 Å². The number of benzene rings is 1. The Morgan fingerprint density at radius 2 is 1.93 bits per heavy atom. The Balaban J connectivity index is 2.30. The highest BCUT2D eigenvalue weighted by atomic mass is 16.5. The van der Waals surface area contributed by atoms with E-state index in [2.05, 4.69) is 4.98 Å². The molecule has 0 unspecified atom stereocenters. The largest absolute Gasteiger partial charge is 0.425 e. The van der Waals surface area contributed by atoms with Gasteiger partial charge in [0.2, 0.25) is 0 Å². The molecular formula is C12H14N2O. The van der Waals surface area contributed by atoms with Crippen LogP contribution in [0.5, 0.6) is 11.8 Å². The molecule has 0 aliphatic carbocycles. The molecule has 0 amide bonds. The molecule has 0 saturated heterocycles. The second-order valence-corrected chi connectivity index (χ2v) is 3.61.